The highest BCUT2D eigenvalue weighted by atomic mass is 35.5. The molecule has 0 aliphatic rings. The van der Waals surface area contributed by atoms with Gasteiger partial charge in [0, 0.05) is 6.61 Å². The van der Waals surface area contributed by atoms with Gasteiger partial charge in [0.25, 0.3) is 0 Å². The summed E-state index contributed by atoms with van der Waals surface area (Å²) in [6.07, 6.45) is 5.20. The van der Waals surface area contributed by atoms with Crippen molar-refractivity contribution in [2.75, 3.05) is 13.2 Å². The number of rotatable bonds is 6. The van der Waals surface area contributed by atoms with Crippen LogP contribution in [0.5, 0.6) is 0 Å². The summed E-state index contributed by atoms with van der Waals surface area (Å²) in [5.41, 5.74) is 0. The van der Waals surface area contributed by atoms with Crippen molar-refractivity contribution in [1.29, 1.82) is 0 Å². The highest BCUT2D eigenvalue weighted by molar-refractivity contribution is 6.55. The molecule has 0 N–H and O–H groups in total. The van der Waals surface area contributed by atoms with Crippen molar-refractivity contribution in [3.05, 3.63) is 10.6 Å². The van der Waals surface area contributed by atoms with E-state index in [0.717, 1.165) is 13.0 Å². The molecule has 0 fully saturated rings. The maximum absolute atomic E-state index is 5.36. The fourth-order valence-corrected chi connectivity index (χ4v) is 0.785. The second kappa shape index (κ2) is 8.38. The topological polar surface area (TPSA) is 9.23 Å². The summed E-state index contributed by atoms with van der Waals surface area (Å²) >= 11 is 10.7. The smallest absolute Gasteiger partial charge is 0.105 e. The molecule has 0 heterocycles. The molecule has 0 rings (SSSR count). The van der Waals surface area contributed by atoms with Crippen molar-refractivity contribution >= 4 is 23.2 Å². The molecule has 0 bridgehead atoms. The lowest BCUT2D eigenvalue weighted by molar-refractivity contribution is 0.157. The van der Waals surface area contributed by atoms with Crippen molar-refractivity contribution in [3.8, 4) is 0 Å². The monoisotopic (exact) mass is 196 g/mol. The number of hydrogen-bond donors (Lipinski definition) is 0. The van der Waals surface area contributed by atoms with Crippen LogP contribution in [0, 0.1) is 0 Å². The summed E-state index contributed by atoms with van der Waals surface area (Å²) in [5, 5.41) is 0. The van der Waals surface area contributed by atoms with Gasteiger partial charge >= 0.3 is 0 Å². The van der Waals surface area contributed by atoms with Crippen LogP contribution in [-0.4, -0.2) is 13.2 Å². The van der Waals surface area contributed by atoms with Gasteiger partial charge < -0.3 is 4.74 Å². The van der Waals surface area contributed by atoms with Gasteiger partial charge in [-0.1, -0.05) is 43.0 Å². The molecular formula is C8H14Cl2O. The van der Waals surface area contributed by atoms with Gasteiger partial charge in [0.15, 0.2) is 0 Å². The van der Waals surface area contributed by atoms with Gasteiger partial charge in [-0.3, -0.25) is 0 Å². The van der Waals surface area contributed by atoms with Gasteiger partial charge in [-0.2, -0.15) is 0 Å². The van der Waals surface area contributed by atoms with E-state index in [2.05, 4.69) is 6.92 Å². The third-order valence-electron chi connectivity index (χ3n) is 1.25. The normalized spacial score (nSPS) is 9.73. The fraction of sp³-hybridized carbons (Fsp3) is 0.750. The Morgan fingerprint density at radius 3 is 2.64 bits per heavy atom. The summed E-state index contributed by atoms with van der Waals surface area (Å²) in [4.78, 5) is 0. The van der Waals surface area contributed by atoms with Crippen LogP contribution in [0.15, 0.2) is 10.6 Å². The van der Waals surface area contributed by atoms with E-state index in [0.29, 0.717) is 6.61 Å². The Hall–Kier alpha value is 0.280. The van der Waals surface area contributed by atoms with Crippen LogP contribution >= 0.6 is 23.2 Å². The third kappa shape index (κ3) is 10.3. The molecule has 0 aromatic rings. The van der Waals surface area contributed by atoms with E-state index in [1.54, 1.807) is 6.08 Å². The second-order valence-corrected chi connectivity index (χ2v) is 3.28. The molecule has 0 aromatic carbocycles. The lowest BCUT2D eigenvalue weighted by Gasteiger charge is -1.98. The zero-order chi connectivity index (χ0) is 8.53. The molecule has 3 heteroatoms. The molecule has 0 unspecified atom stereocenters. The van der Waals surface area contributed by atoms with E-state index in [1.807, 2.05) is 0 Å². The molecule has 0 aliphatic heterocycles. The van der Waals surface area contributed by atoms with Crippen LogP contribution in [-0.2, 0) is 4.74 Å². The van der Waals surface area contributed by atoms with Crippen LogP contribution < -0.4 is 0 Å². The Morgan fingerprint density at radius 1 is 1.36 bits per heavy atom. The van der Waals surface area contributed by atoms with Crippen LogP contribution in [0.2, 0.25) is 0 Å². The average molecular weight is 197 g/mol. The van der Waals surface area contributed by atoms with E-state index in [4.69, 9.17) is 27.9 Å². The summed E-state index contributed by atoms with van der Waals surface area (Å²) in [5.74, 6) is 0. The summed E-state index contributed by atoms with van der Waals surface area (Å²) in [7, 11) is 0. The first-order valence-corrected chi connectivity index (χ1v) is 4.62. The molecule has 0 saturated heterocycles. The zero-order valence-electron chi connectivity index (χ0n) is 6.78. The Bertz CT molecular complexity index is 109. The predicted molar refractivity (Wildman–Crippen MR) is 50.1 cm³/mol. The third-order valence-corrected chi connectivity index (χ3v) is 1.56. The Labute approximate surface area is 78.3 Å². The Balaban J connectivity index is 2.97. The van der Waals surface area contributed by atoms with Gasteiger partial charge in [0.05, 0.1) is 6.61 Å². The first kappa shape index (κ1) is 11.3. The molecule has 0 saturated carbocycles. The number of hydrogen-bond acceptors (Lipinski definition) is 1. The lowest BCUT2D eigenvalue weighted by Crippen LogP contribution is -1.93. The van der Waals surface area contributed by atoms with Gasteiger partial charge in [-0.15, -0.1) is 0 Å². The average Bonchev–Trinajstić information content (AvgIpc) is 1.96. The molecule has 0 aromatic heterocycles. The van der Waals surface area contributed by atoms with E-state index in [9.17, 15) is 0 Å². The first-order valence-electron chi connectivity index (χ1n) is 3.86. The number of ether oxygens (including phenoxy) is 1. The Morgan fingerprint density at radius 2 is 2.09 bits per heavy atom. The van der Waals surface area contributed by atoms with Crippen molar-refractivity contribution in [1.82, 2.24) is 0 Å². The van der Waals surface area contributed by atoms with Crippen LogP contribution in [0.4, 0.5) is 0 Å². The van der Waals surface area contributed by atoms with E-state index < -0.39 is 0 Å². The fourth-order valence-electron chi connectivity index (χ4n) is 0.659. The maximum Gasteiger partial charge on any atom is 0.105 e. The summed E-state index contributed by atoms with van der Waals surface area (Å²) in [6, 6.07) is 0. The van der Waals surface area contributed by atoms with Gasteiger partial charge in [-0.05, 0) is 12.5 Å². The number of halogens is 2. The van der Waals surface area contributed by atoms with E-state index in [-0.39, 0.29) is 4.49 Å². The maximum atomic E-state index is 5.36. The molecule has 0 atom stereocenters. The molecule has 1 nitrogen and oxygen atoms in total. The van der Waals surface area contributed by atoms with Gasteiger partial charge in [-0.25, -0.2) is 0 Å². The first-order chi connectivity index (χ1) is 5.27. The second-order valence-electron chi connectivity index (χ2n) is 2.28. The van der Waals surface area contributed by atoms with Crippen molar-refractivity contribution in [3.63, 3.8) is 0 Å². The van der Waals surface area contributed by atoms with Gasteiger partial charge in [0.1, 0.15) is 4.49 Å². The molecular weight excluding hydrogens is 183 g/mol. The highest BCUT2D eigenvalue weighted by Crippen LogP contribution is 2.05. The summed E-state index contributed by atoms with van der Waals surface area (Å²) < 4.78 is 5.48. The van der Waals surface area contributed by atoms with Crippen molar-refractivity contribution < 1.29 is 4.74 Å². The standard InChI is InChI=1S/C8H14Cl2O/c1-2-3-4-6-11-7-5-8(9)10/h5H,2-4,6-7H2,1H3. The molecule has 0 spiro atoms. The van der Waals surface area contributed by atoms with E-state index in [1.165, 1.54) is 12.8 Å². The minimum atomic E-state index is 0.278. The quantitative estimate of drug-likeness (QED) is 0.592. The molecule has 66 valence electrons. The zero-order valence-corrected chi connectivity index (χ0v) is 8.29. The van der Waals surface area contributed by atoms with Crippen molar-refractivity contribution in [2.45, 2.75) is 26.2 Å². The van der Waals surface area contributed by atoms with E-state index >= 15 is 0 Å². The minimum absolute atomic E-state index is 0.278. The molecule has 0 radical (unpaired) electrons. The molecule has 0 amide bonds. The lowest BCUT2D eigenvalue weighted by atomic mass is 10.3. The SMILES string of the molecule is CCCCCOCC=C(Cl)Cl. The largest absolute Gasteiger partial charge is 0.377 e. The van der Waals surface area contributed by atoms with Crippen LogP contribution in [0.3, 0.4) is 0 Å². The van der Waals surface area contributed by atoms with Crippen molar-refractivity contribution in [2.24, 2.45) is 0 Å². The highest BCUT2D eigenvalue weighted by Gasteiger charge is 1.86. The minimum Gasteiger partial charge on any atom is -0.377 e. The van der Waals surface area contributed by atoms with Crippen LogP contribution in [0.25, 0.3) is 0 Å². The Kier molecular flexibility index (Phi) is 8.59. The molecule has 0 aliphatic carbocycles. The van der Waals surface area contributed by atoms with Gasteiger partial charge in [0.2, 0.25) is 0 Å². The van der Waals surface area contributed by atoms with Crippen LogP contribution in [0.1, 0.15) is 26.2 Å². The molecule has 11 heavy (non-hydrogen) atoms. The predicted octanol–water partition coefficient (Wildman–Crippen LogP) is 3.51. The number of unbranched alkanes of at least 4 members (excludes halogenated alkanes) is 2. The summed E-state index contributed by atoms with van der Waals surface area (Å²) in [6.45, 7) is 3.48.